The van der Waals surface area contributed by atoms with E-state index in [1.807, 2.05) is 24.3 Å². The number of carbonyl (C=O) groups excluding carboxylic acids is 1. The first-order chi connectivity index (χ1) is 11.4. The molecule has 1 aromatic heterocycles. The molecule has 126 valence electrons. The van der Waals surface area contributed by atoms with Crippen LogP contribution in [0.25, 0.3) is 11.6 Å². The van der Waals surface area contributed by atoms with E-state index in [2.05, 4.69) is 5.32 Å². The highest BCUT2D eigenvalue weighted by molar-refractivity contribution is 7.88. The summed E-state index contributed by atoms with van der Waals surface area (Å²) in [6.45, 7) is 2.31. The van der Waals surface area contributed by atoms with Gasteiger partial charge in [0.2, 0.25) is 10.0 Å². The van der Waals surface area contributed by atoms with E-state index in [1.54, 1.807) is 25.1 Å². The number of sulfonamides is 1. The third-order valence-corrected chi connectivity index (χ3v) is 5.16. The van der Waals surface area contributed by atoms with E-state index >= 15 is 0 Å². The normalized spacial score (nSPS) is 15.8. The number of carbonyl (C=O) groups is 1. The van der Waals surface area contributed by atoms with Crippen LogP contribution in [-0.2, 0) is 21.4 Å². The Morgan fingerprint density at radius 3 is 2.67 bits per heavy atom. The Morgan fingerprint density at radius 2 is 1.96 bits per heavy atom. The second-order valence-electron chi connectivity index (χ2n) is 5.55. The van der Waals surface area contributed by atoms with Crippen LogP contribution >= 0.6 is 0 Å². The summed E-state index contributed by atoms with van der Waals surface area (Å²) in [4.78, 5) is 12.1. The van der Waals surface area contributed by atoms with Crippen LogP contribution in [0.5, 0.6) is 0 Å². The van der Waals surface area contributed by atoms with Crippen molar-refractivity contribution in [3.8, 4) is 0 Å². The molecule has 3 rings (SSSR count). The molecule has 2 aromatic rings. The molecule has 1 aromatic carbocycles. The van der Waals surface area contributed by atoms with E-state index in [9.17, 15) is 13.2 Å². The molecule has 0 aliphatic carbocycles. The number of hydrogen-bond donors (Lipinski definition) is 1. The maximum atomic E-state index is 12.1. The number of anilines is 1. The van der Waals surface area contributed by atoms with Crippen molar-refractivity contribution in [1.29, 1.82) is 0 Å². The van der Waals surface area contributed by atoms with Gasteiger partial charge in [0.05, 0.1) is 18.4 Å². The zero-order valence-corrected chi connectivity index (χ0v) is 14.3. The summed E-state index contributed by atoms with van der Waals surface area (Å²) in [5, 5.41) is 2.80. The molecule has 0 spiro atoms. The minimum Gasteiger partial charge on any atom is -0.460 e. The summed E-state index contributed by atoms with van der Waals surface area (Å²) in [5.41, 5.74) is 2.13. The zero-order chi connectivity index (χ0) is 17.3. The second-order valence-corrected chi connectivity index (χ2v) is 7.53. The van der Waals surface area contributed by atoms with Gasteiger partial charge >= 0.3 is 0 Å². The summed E-state index contributed by atoms with van der Waals surface area (Å²) < 4.78 is 30.3. The maximum absolute atomic E-state index is 12.1. The number of rotatable bonds is 5. The lowest BCUT2D eigenvalue weighted by atomic mass is 10.1. The minimum atomic E-state index is -3.28. The summed E-state index contributed by atoms with van der Waals surface area (Å²) >= 11 is 0. The van der Waals surface area contributed by atoms with Gasteiger partial charge in [0.15, 0.2) is 0 Å². The fourth-order valence-corrected chi connectivity index (χ4v) is 3.45. The van der Waals surface area contributed by atoms with Crippen molar-refractivity contribution in [3.05, 3.63) is 53.5 Å². The summed E-state index contributed by atoms with van der Waals surface area (Å²) in [7, 11) is -3.28. The molecule has 0 unspecified atom stereocenters. The number of nitrogens with zero attached hydrogens (tertiary/aromatic N) is 1. The van der Waals surface area contributed by atoms with Gasteiger partial charge in [-0.05, 0) is 24.3 Å². The predicted molar refractivity (Wildman–Crippen MR) is 92.6 cm³/mol. The summed E-state index contributed by atoms with van der Waals surface area (Å²) in [6, 6.07) is 10.9. The Labute approximate surface area is 140 Å². The molecular formula is C17H18N2O4S. The van der Waals surface area contributed by atoms with Gasteiger partial charge in [-0.25, -0.2) is 8.42 Å². The molecule has 0 radical (unpaired) electrons. The molecule has 7 heteroatoms. The molecule has 6 nitrogen and oxygen atoms in total. The van der Waals surface area contributed by atoms with Crippen LogP contribution in [0.15, 0.2) is 40.8 Å². The van der Waals surface area contributed by atoms with Crippen molar-refractivity contribution in [2.75, 3.05) is 18.1 Å². The fourth-order valence-electron chi connectivity index (χ4n) is 2.62. The quantitative estimate of drug-likeness (QED) is 0.844. The molecular weight excluding hydrogens is 328 g/mol. The number of amides is 1. The number of nitrogens with one attached hydrogen (secondary N) is 1. The zero-order valence-electron chi connectivity index (χ0n) is 13.4. The molecule has 2 heterocycles. The van der Waals surface area contributed by atoms with E-state index in [1.165, 1.54) is 10.6 Å². The number of fused-ring (bicyclic) bond motifs is 1. The van der Waals surface area contributed by atoms with Crippen molar-refractivity contribution < 1.29 is 17.6 Å². The third kappa shape index (κ3) is 3.27. The first-order valence-corrected chi connectivity index (χ1v) is 9.39. The molecule has 1 N–H and O–H groups in total. The Hall–Kier alpha value is -2.38. The molecule has 0 bridgehead atoms. The van der Waals surface area contributed by atoms with Crippen molar-refractivity contribution in [1.82, 2.24) is 4.31 Å². The number of furan rings is 1. The van der Waals surface area contributed by atoms with E-state index in [4.69, 9.17) is 4.42 Å². The van der Waals surface area contributed by atoms with Gasteiger partial charge in [0.1, 0.15) is 11.5 Å². The predicted octanol–water partition coefficient (Wildman–Crippen LogP) is 2.55. The molecule has 0 fully saturated rings. The van der Waals surface area contributed by atoms with Gasteiger partial charge in [-0.15, -0.1) is 0 Å². The maximum Gasteiger partial charge on any atom is 0.256 e. The molecule has 24 heavy (non-hydrogen) atoms. The average Bonchev–Trinajstić information content (AvgIpc) is 3.09. The van der Waals surface area contributed by atoms with Gasteiger partial charge in [0, 0.05) is 17.8 Å². The van der Waals surface area contributed by atoms with Gasteiger partial charge in [-0.3, -0.25) is 4.79 Å². The SMILES string of the molecule is CCN(Cc1ccc(C=C2C(=O)Nc3ccccc32)o1)S(C)(=O)=O. The molecule has 1 amide bonds. The highest BCUT2D eigenvalue weighted by atomic mass is 32.2. The van der Waals surface area contributed by atoms with Crippen LogP contribution in [0, 0.1) is 0 Å². The van der Waals surface area contributed by atoms with Crippen molar-refractivity contribution in [3.63, 3.8) is 0 Å². The van der Waals surface area contributed by atoms with E-state index in [0.29, 0.717) is 23.6 Å². The van der Waals surface area contributed by atoms with E-state index < -0.39 is 10.0 Å². The van der Waals surface area contributed by atoms with Crippen molar-refractivity contribution in [2.24, 2.45) is 0 Å². The second kappa shape index (κ2) is 6.26. The van der Waals surface area contributed by atoms with Gasteiger partial charge < -0.3 is 9.73 Å². The Morgan fingerprint density at radius 1 is 1.21 bits per heavy atom. The average molecular weight is 346 g/mol. The lowest BCUT2D eigenvalue weighted by molar-refractivity contribution is -0.110. The van der Waals surface area contributed by atoms with E-state index in [0.717, 1.165) is 11.3 Å². The largest absolute Gasteiger partial charge is 0.460 e. The molecule has 0 saturated carbocycles. The number of para-hydroxylation sites is 1. The van der Waals surface area contributed by atoms with Crippen molar-refractivity contribution in [2.45, 2.75) is 13.5 Å². The standard InChI is InChI=1S/C17H18N2O4S/c1-3-19(24(2,21)22)11-13-9-8-12(23-13)10-15-14-6-4-5-7-16(14)18-17(15)20/h4-10H,3,11H2,1-2H3,(H,18,20). The molecule has 0 saturated heterocycles. The van der Waals surface area contributed by atoms with Gasteiger partial charge in [0.25, 0.3) is 5.91 Å². The van der Waals surface area contributed by atoms with E-state index in [-0.39, 0.29) is 12.5 Å². The van der Waals surface area contributed by atoms with Gasteiger partial charge in [-0.2, -0.15) is 4.31 Å². The Kier molecular flexibility index (Phi) is 4.29. The van der Waals surface area contributed by atoms with Crippen LogP contribution in [0.3, 0.4) is 0 Å². The Bertz CT molecular complexity index is 912. The number of benzene rings is 1. The van der Waals surface area contributed by atoms with Crippen LogP contribution in [0.2, 0.25) is 0 Å². The minimum absolute atomic E-state index is 0.168. The van der Waals surface area contributed by atoms with Crippen LogP contribution in [-0.4, -0.2) is 31.4 Å². The highest BCUT2D eigenvalue weighted by Gasteiger charge is 2.24. The molecule has 1 aliphatic rings. The van der Waals surface area contributed by atoms with Crippen LogP contribution < -0.4 is 5.32 Å². The third-order valence-electron chi connectivity index (χ3n) is 3.83. The highest BCUT2D eigenvalue weighted by Crippen LogP contribution is 2.32. The lowest BCUT2D eigenvalue weighted by Crippen LogP contribution is -2.28. The Balaban J connectivity index is 1.86. The summed E-state index contributed by atoms with van der Waals surface area (Å²) in [5.74, 6) is 0.859. The van der Waals surface area contributed by atoms with Crippen molar-refractivity contribution >= 4 is 33.3 Å². The first kappa shape index (κ1) is 16.5. The monoisotopic (exact) mass is 346 g/mol. The summed E-state index contributed by atoms with van der Waals surface area (Å²) in [6.07, 6.45) is 2.84. The van der Waals surface area contributed by atoms with Gasteiger partial charge in [-0.1, -0.05) is 25.1 Å². The number of hydrogen-bond acceptors (Lipinski definition) is 4. The van der Waals surface area contributed by atoms with Crippen LogP contribution in [0.4, 0.5) is 5.69 Å². The molecule has 1 aliphatic heterocycles. The lowest BCUT2D eigenvalue weighted by Gasteiger charge is -2.15. The van der Waals surface area contributed by atoms with Crippen LogP contribution in [0.1, 0.15) is 24.0 Å². The topological polar surface area (TPSA) is 79.6 Å². The molecule has 0 atom stereocenters. The smallest absolute Gasteiger partial charge is 0.256 e. The fraction of sp³-hybridized carbons (Fsp3) is 0.235. The first-order valence-electron chi connectivity index (χ1n) is 7.55.